The number of nitrogens with zero attached hydrogens (tertiary/aromatic N) is 1. The fourth-order valence-corrected chi connectivity index (χ4v) is 4.63. The van der Waals surface area contributed by atoms with Crippen molar-refractivity contribution in [2.75, 3.05) is 20.1 Å². The molecule has 1 amide bonds. The van der Waals surface area contributed by atoms with Gasteiger partial charge >= 0.3 is 24.3 Å². The Kier molecular flexibility index (Phi) is 8.29. The summed E-state index contributed by atoms with van der Waals surface area (Å²) in [5, 5.41) is 2.29. The summed E-state index contributed by atoms with van der Waals surface area (Å²) in [6.07, 6.45) is -4.67. The average Bonchev–Trinajstić information content (AvgIpc) is 3.12. The fourth-order valence-electron chi connectivity index (χ4n) is 4.63. The van der Waals surface area contributed by atoms with E-state index in [1.807, 2.05) is 56.4 Å². The lowest BCUT2D eigenvalue weighted by Crippen LogP contribution is -2.45. The van der Waals surface area contributed by atoms with Gasteiger partial charge in [-0.1, -0.05) is 48.5 Å². The Morgan fingerprint density at radius 1 is 1.19 bits per heavy atom. The zero-order valence-electron chi connectivity index (χ0n) is 20.3. The van der Waals surface area contributed by atoms with Gasteiger partial charge in [0.1, 0.15) is 5.75 Å². The number of hydrogen-bond acceptors (Lipinski definition) is 6. The Labute approximate surface area is 208 Å². The fraction of sp³-hybridized carbons (Fsp3) is 0.385. The van der Waals surface area contributed by atoms with Crippen LogP contribution in [0.2, 0.25) is 0 Å². The Bertz CT molecular complexity index is 1110. The highest BCUT2D eigenvalue weighted by atomic mass is 19.4. The second-order valence-electron chi connectivity index (χ2n) is 8.57. The van der Waals surface area contributed by atoms with Crippen molar-refractivity contribution in [1.82, 2.24) is 10.2 Å². The number of esters is 1. The summed E-state index contributed by atoms with van der Waals surface area (Å²) in [7, 11) is 2.01. The van der Waals surface area contributed by atoms with Gasteiger partial charge in [0, 0.05) is 31.9 Å². The van der Waals surface area contributed by atoms with E-state index >= 15 is 0 Å². The number of carbonyl (C=O) groups is 2. The summed E-state index contributed by atoms with van der Waals surface area (Å²) in [6.45, 7) is 4.08. The van der Waals surface area contributed by atoms with Crippen molar-refractivity contribution in [3.05, 3.63) is 77.5 Å². The highest BCUT2D eigenvalue weighted by Crippen LogP contribution is 2.50. The summed E-state index contributed by atoms with van der Waals surface area (Å²) in [5.41, 5.74) is 7.70. The molecule has 1 aliphatic heterocycles. The molecule has 0 saturated carbocycles. The van der Waals surface area contributed by atoms with Crippen LogP contribution in [0, 0.1) is 0 Å². The lowest BCUT2D eigenvalue weighted by atomic mass is 9.70. The summed E-state index contributed by atoms with van der Waals surface area (Å²) in [4.78, 5) is 26.1. The first-order valence-corrected chi connectivity index (χ1v) is 11.5. The Morgan fingerprint density at radius 2 is 1.86 bits per heavy atom. The first kappa shape index (κ1) is 27.1. The molecule has 1 aliphatic rings. The topological polar surface area (TPSA) is 93.9 Å². The maximum atomic E-state index is 12.8. The van der Waals surface area contributed by atoms with Crippen molar-refractivity contribution in [1.29, 1.82) is 0 Å². The van der Waals surface area contributed by atoms with Gasteiger partial charge < -0.3 is 25.4 Å². The van der Waals surface area contributed by atoms with Gasteiger partial charge in [-0.2, -0.15) is 13.2 Å². The van der Waals surface area contributed by atoms with E-state index in [4.69, 9.17) is 10.5 Å². The highest BCUT2D eigenvalue weighted by Gasteiger charge is 2.48. The molecule has 1 fully saturated rings. The summed E-state index contributed by atoms with van der Waals surface area (Å²) in [5.74, 6) is -3.51. The monoisotopic (exact) mass is 505 g/mol. The zero-order chi connectivity index (χ0) is 26.5. The van der Waals surface area contributed by atoms with Crippen LogP contribution in [0.3, 0.4) is 0 Å². The molecule has 0 aliphatic carbocycles. The predicted octanol–water partition coefficient (Wildman–Crippen LogP) is 3.49. The number of rotatable bonds is 8. The second-order valence-corrected chi connectivity index (χ2v) is 8.57. The first-order valence-electron chi connectivity index (χ1n) is 11.5. The van der Waals surface area contributed by atoms with Crippen LogP contribution in [0.1, 0.15) is 31.4 Å². The van der Waals surface area contributed by atoms with E-state index in [-0.39, 0.29) is 24.9 Å². The smallest absolute Gasteiger partial charge is 0.446 e. The third-order valence-electron chi connectivity index (χ3n) is 6.29. The van der Waals surface area contributed by atoms with Gasteiger partial charge in [0.05, 0.1) is 5.41 Å². The third-order valence-corrected chi connectivity index (χ3v) is 6.29. The van der Waals surface area contributed by atoms with Crippen LogP contribution < -0.4 is 15.8 Å². The normalized spacial score (nSPS) is 21.8. The van der Waals surface area contributed by atoms with Gasteiger partial charge in [0.25, 0.3) is 0 Å². The molecule has 1 heterocycles. The molecule has 3 atom stereocenters. The number of allylic oxidation sites excluding steroid dienone is 2. The lowest BCUT2D eigenvalue weighted by molar-refractivity contribution is -0.216. The summed E-state index contributed by atoms with van der Waals surface area (Å²) in [6, 6.07) is 16.8. The summed E-state index contributed by atoms with van der Waals surface area (Å²) < 4.78 is 48.4. The molecule has 0 aromatic heterocycles. The predicted molar refractivity (Wildman–Crippen MR) is 128 cm³/mol. The lowest BCUT2D eigenvalue weighted by Gasteiger charge is -2.33. The molecule has 0 spiro atoms. The Balaban J connectivity index is 2.03. The maximum absolute atomic E-state index is 12.8. The molecule has 36 heavy (non-hydrogen) atoms. The number of carbonyl (C=O) groups excluding carboxylic acids is 2. The van der Waals surface area contributed by atoms with E-state index < -0.39 is 29.8 Å². The molecule has 10 heteroatoms. The van der Waals surface area contributed by atoms with Gasteiger partial charge in [-0.25, -0.2) is 4.79 Å². The van der Waals surface area contributed by atoms with Crippen molar-refractivity contribution in [2.24, 2.45) is 5.73 Å². The van der Waals surface area contributed by atoms with Crippen molar-refractivity contribution >= 4 is 11.9 Å². The minimum atomic E-state index is -5.29. The largest absolute Gasteiger partial charge is 0.491 e. The zero-order valence-corrected chi connectivity index (χ0v) is 20.3. The SMILES string of the molecule is CC=C1N(C)C(C)CC1(c1ccccc1)c1cccc(OC(OC(=O)C(F)(F)F)C(=O)NCCN)c1. The Morgan fingerprint density at radius 3 is 2.47 bits per heavy atom. The molecule has 0 bridgehead atoms. The first-order chi connectivity index (χ1) is 17.0. The van der Waals surface area contributed by atoms with Crippen molar-refractivity contribution in [2.45, 2.75) is 44.2 Å². The molecule has 3 N–H and O–H groups in total. The molecule has 3 unspecified atom stereocenters. The number of alkyl halides is 3. The number of benzene rings is 2. The van der Waals surface area contributed by atoms with Crippen LogP contribution in [-0.2, 0) is 19.7 Å². The van der Waals surface area contributed by atoms with Crippen LogP contribution in [0.25, 0.3) is 0 Å². The van der Waals surface area contributed by atoms with Crippen LogP contribution in [0.5, 0.6) is 5.75 Å². The van der Waals surface area contributed by atoms with Crippen LogP contribution in [-0.4, -0.2) is 55.4 Å². The molecular weight excluding hydrogens is 475 g/mol. The minimum Gasteiger partial charge on any atom is -0.446 e. The number of halogens is 3. The molecule has 7 nitrogen and oxygen atoms in total. The molecule has 1 saturated heterocycles. The van der Waals surface area contributed by atoms with Crippen molar-refractivity contribution < 1.29 is 32.2 Å². The highest BCUT2D eigenvalue weighted by molar-refractivity contribution is 5.84. The molecule has 3 rings (SSSR count). The molecule has 194 valence electrons. The molecule has 2 aromatic rings. The minimum absolute atomic E-state index is 0.0334. The molecule has 0 radical (unpaired) electrons. The van der Waals surface area contributed by atoms with E-state index in [0.29, 0.717) is 0 Å². The maximum Gasteiger partial charge on any atom is 0.491 e. The third kappa shape index (κ3) is 5.48. The van der Waals surface area contributed by atoms with E-state index in [1.54, 1.807) is 12.1 Å². The number of likely N-dealkylation sites (tertiary alicyclic amines) is 1. The summed E-state index contributed by atoms with van der Waals surface area (Å²) >= 11 is 0. The van der Waals surface area contributed by atoms with Crippen LogP contribution >= 0.6 is 0 Å². The number of amides is 1. The van der Waals surface area contributed by atoms with Crippen LogP contribution in [0.4, 0.5) is 13.2 Å². The van der Waals surface area contributed by atoms with Gasteiger partial charge in [-0.15, -0.1) is 0 Å². The molecular formula is C26H30F3N3O4. The number of nitrogens with two attached hydrogens (primary N) is 1. The number of ether oxygens (including phenoxy) is 2. The van der Waals surface area contributed by atoms with Crippen LogP contribution in [0.15, 0.2) is 66.4 Å². The average molecular weight is 506 g/mol. The number of nitrogens with one attached hydrogen (secondary N) is 1. The Hall–Kier alpha value is -3.53. The standard InChI is InChI=1S/C26H30F3N3O4/c1-4-21-25(16-17(2)32(21)3,18-9-6-5-7-10-18)19-11-8-12-20(15-19)35-23(22(33)31-14-13-30)36-24(34)26(27,28)29/h4-12,15,17,23H,13-14,16,30H2,1-3H3,(H,31,33). The van der Waals surface area contributed by atoms with Gasteiger partial charge in [-0.05, 0) is 43.5 Å². The van der Waals surface area contributed by atoms with Gasteiger partial charge in [-0.3, -0.25) is 4.79 Å². The molecule has 2 aromatic carbocycles. The van der Waals surface area contributed by atoms with Crippen molar-refractivity contribution in [3.63, 3.8) is 0 Å². The van der Waals surface area contributed by atoms with E-state index in [2.05, 4.69) is 21.9 Å². The quantitative estimate of drug-likeness (QED) is 0.422. The second kappa shape index (κ2) is 11.0. The van der Waals surface area contributed by atoms with E-state index in [0.717, 1.165) is 23.2 Å². The van der Waals surface area contributed by atoms with E-state index in [1.165, 1.54) is 6.07 Å². The number of likely N-dealkylation sites (N-methyl/N-ethyl adjacent to an activating group) is 1. The van der Waals surface area contributed by atoms with Gasteiger partial charge in [0.2, 0.25) is 0 Å². The van der Waals surface area contributed by atoms with Gasteiger partial charge in [0.15, 0.2) is 0 Å². The number of hydrogen-bond donors (Lipinski definition) is 2. The van der Waals surface area contributed by atoms with Crippen molar-refractivity contribution in [3.8, 4) is 5.75 Å². The van der Waals surface area contributed by atoms with E-state index in [9.17, 15) is 22.8 Å².